The molecule has 190 valence electrons. The number of nitrogens with one attached hydrogen (secondary N) is 1. The zero-order chi connectivity index (χ0) is 25.8. The first-order chi connectivity index (χ1) is 17.5. The van der Waals surface area contributed by atoms with Gasteiger partial charge < -0.3 is 19.5 Å². The molecule has 0 heterocycles. The number of hydrogen-bond donors (Lipinski definition) is 1. The molecule has 0 radical (unpaired) electrons. The van der Waals surface area contributed by atoms with Crippen LogP contribution < -0.4 is 10.1 Å². The molecule has 0 unspecified atom stereocenters. The van der Waals surface area contributed by atoms with Crippen molar-refractivity contribution in [2.45, 2.75) is 44.1 Å². The van der Waals surface area contributed by atoms with Crippen molar-refractivity contribution in [3.05, 3.63) is 102 Å². The number of rotatable bonds is 12. The smallest absolute Gasteiger partial charge is 0.408 e. The van der Waals surface area contributed by atoms with Gasteiger partial charge in [-0.2, -0.15) is 11.8 Å². The first-order valence-electron chi connectivity index (χ1n) is 11.9. The Bertz CT molecular complexity index is 1070. The summed E-state index contributed by atoms with van der Waals surface area (Å²) in [5.41, 5.74) is 2.84. The Labute approximate surface area is 217 Å². The monoisotopic (exact) mass is 507 g/mol. The minimum absolute atomic E-state index is 0.0805. The van der Waals surface area contributed by atoms with Crippen molar-refractivity contribution in [3.63, 3.8) is 0 Å². The van der Waals surface area contributed by atoms with Gasteiger partial charge in [-0.3, -0.25) is 0 Å². The first kappa shape index (κ1) is 27.1. The average Bonchev–Trinajstić information content (AvgIpc) is 2.91. The van der Waals surface area contributed by atoms with Gasteiger partial charge >= 0.3 is 12.1 Å². The van der Waals surface area contributed by atoms with Crippen LogP contribution in [-0.2, 0) is 33.2 Å². The van der Waals surface area contributed by atoms with Crippen molar-refractivity contribution < 1.29 is 23.8 Å². The maximum Gasteiger partial charge on any atom is 0.408 e. The highest BCUT2D eigenvalue weighted by atomic mass is 32.2. The number of methoxy groups -OCH3 is 1. The molecule has 6 nitrogen and oxygen atoms in total. The van der Waals surface area contributed by atoms with Gasteiger partial charge in [-0.1, -0.05) is 86.6 Å². The van der Waals surface area contributed by atoms with E-state index >= 15 is 0 Å². The fourth-order valence-electron chi connectivity index (χ4n) is 3.57. The third kappa shape index (κ3) is 8.64. The minimum atomic E-state index is -0.875. The van der Waals surface area contributed by atoms with Gasteiger partial charge in [-0.15, -0.1) is 0 Å². The van der Waals surface area contributed by atoms with E-state index in [1.165, 1.54) is 0 Å². The van der Waals surface area contributed by atoms with Gasteiger partial charge in [-0.25, -0.2) is 9.59 Å². The van der Waals surface area contributed by atoms with Crippen LogP contribution in [0.15, 0.2) is 84.9 Å². The van der Waals surface area contributed by atoms with Crippen molar-refractivity contribution in [2.24, 2.45) is 5.92 Å². The zero-order valence-corrected chi connectivity index (χ0v) is 21.7. The average molecular weight is 508 g/mol. The number of ether oxygens (including phenoxy) is 3. The summed E-state index contributed by atoms with van der Waals surface area (Å²) in [4.78, 5) is 26.0. The maximum absolute atomic E-state index is 13.2. The molecule has 0 aliphatic heterocycles. The standard InChI is InChI=1S/C29H33NO5S/c1-21(2)27(36-20-24-14-16-25(33-3)17-15-24)26(28(31)34-18-22-10-6-4-7-11-22)30-29(32)35-19-23-12-8-5-9-13-23/h4-17,21,26-27H,18-20H2,1-3H3,(H,30,32)/t26-,27-/m0/s1. The summed E-state index contributed by atoms with van der Waals surface area (Å²) in [6, 6.07) is 25.8. The molecule has 3 aromatic carbocycles. The Balaban J connectivity index is 1.70. The topological polar surface area (TPSA) is 73.9 Å². The van der Waals surface area contributed by atoms with Gasteiger partial charge in [0.2, 0.25) is 0 Å². The summed E-state index contributed by atoms with van der Waals surface area (Å²) in [5, 5.41) is 2.55. The molecule has 1 amide bonds. The molecule has 0 spiro atoms. The van der Waals surface area contributed by atoms with E-state index in [-0.39, 0.29) is 24.4 Å². The van der Waals surface area contributed by atoms with E-state index in [1.807, 2.05) is 98.8 Å². The second-order valence-electron chi connectivity index (χ2n) is 8.64. The first-order valence-corrected chi connectivity index (χ1v) is 12.9. The Kier molecular flexibility index (Phi) is 10.7. The van der Waals surface area contributed by atoms with Crippen LogP contribution in [0, 0.1) is 5.92 Å². The molecule has 0 saturated heterocycles. The highest BCUT2D eigenvalue weighted by Gasteiger charge is 2.34. The normalized spacial score (nSPS) is 12.4. The van der Waals surface area contributed by atoms with E-state index in [2.05, 4.69) is 5.32 Å². The van der Waals surface area contributed by atoms with Gasteiger partial charge in [0.25, 0.3) is 0 Å². The molecular weight excluding hydrogens is 474 g/mol. The second-order valence-corrected chi connectivity index (χ2v) is 9.81. The van der Waals surface area contributed by atoms with Crippen LogP contribution in [-0.4, -0.2) is 30.5 Å². The van der Waals surface area contributed by atoms with Crippen LogP contribution in [0.1, 0.15) is 30.5 Å². The summed E-state index contributed by atoms with van der Waals surface area (Å²) in [7, 11) is 1.63. The molecule has 0 fully saturated rings. The largest absolute Gasteiger partial charge is 0.497 e. The fourth-order valence-corrected chi connectivity index (χ4v) is 4.91. The van der Waals surface area contributed by atoms with E-state index < -0.39 is 18.1 Å². The van der Waals surface area contributed by atoms with Gasteiger partial charge in [0.15, 0.2) is 0 Å². The van der Waals surface area contributed by atoms with Gasteiger partial charge in [0, 0.05) is 11.0 Å². The van der Waals surface area contributed by atoms with Crippen LogP contribution in [0.2, 0.25) is 0 Å². The molecule has 0 saturated carbocycles. The summed E-state index contributed by atoms with van der Waals surface area (Å²) >= 11 is 1.60. The van der Waals surface area contributed by atoms with Gasteiger partial charge in [0.1, 0.15) is 25.0 Å². The van der Waals surface area contributed by atoms with Gasteiger partial charge in [0.05, 0.1) is 7.11 Å². The van der Waals surface area contributed by atoms with Crippen molar-refractivity contribution in [1.29, 1.82) is 0 Å². The molecule has 0 bridgehead atoms. The number of carbonyl (C=O) groups is 2. The van der Waals surface area contributed by atoms with Crippen LogP contribution in [0.5, 0.6) is 5.75 Å². The van der Waals surface area contributed by atoms with Crippen molar-refractivity contribution in [1.82, 2.24) is 5.32 Å². The molecule has 0 aliphatic rings. The number of carbonyl (C=O) groups excluding carboxylic acids is 2. The number of hydrogen-bond acceptors (Lipinski definition) is 6. The molecule has 1 N–H and O–H groups in total. The van der Waals surface area contributed by atoms with Gasteiger partial charge in [-0.05, 0) is 34.7 Å². The summed E-state index contributed by atoms with van der Waals surface area (Å²) < 4.78 is 16.3. The Morgan fingerprint density at radius 2 is 1.33 bits per heavy atom. The number of amides is 1. The Morgan fingerprint density at radius 3 is 1.86 bits per heavy atom. The minimum Gasteiger partial charge on any atom is -0.497 e. The lowest BCUT2D eigenvalue weighted by atomic mass is 10.0. The zero-order valence-electron chi connectivity index (χ0n) is 20.9. The highest BCUT2D eigenvalue weighted by Crippen LogP contribution is 2.28. The van der Waals surface area contributed by atoms with E-state index in [9.17, 15) is 9.59 Å². The van der Waals surface area contributed by atoms with E-state index in [0.29, 0.717) is 5.75 Å². The van der Waals surface area contributed by atoms with Crippen LogP contribution >= 0.6 is 11.8 Å². The molecule has 3 rings (SSSR count). The number of alkyl carbamates (subject to hydrolysis) is 1. The Hall–Kier alpha value is -3.45. The lowest BCUT2D eigenvalue weighted by molar-refractivity contribution is -0.147. The van der Waals surface area contributed by atoms with Crippen molar-refractivity contribution in [2.75, 3.05) is 7.11 Å². The number of benzene rings is 3. The summed E-state index contributed by atoms with van der Waals surface area (Å²) in [5.74, 6) is 1.04. The third-order valence-corrected chi connectivity index (χ3v) is 7.25. The number of esters is 1. The van der Waals surface area contributed by atoms with Crippen LogP contribution in [0.3, 0.4) is 0 Å². The SMILES string of the molecule is COc1ccc(CS[C@@H](C(C)C)[C@H](NC(=O)OCc2ccccc2)C(=O)OCc2ccccc2)cc1. The molecule has 3 aromatic rings. The predicted octanol–water partition coefficient (Wildman–Crippen LogP) is 5.99. The molecule has 0 aromatic heterocycles. The lowest BCUT2D eigenvalue weighted by Gasteiger charge is -2.29. The molecule has 2 atom stereocenters. The van der Waals surface area contributed by atoms with Crippen LogP contribution in [0.4, 0.5) is 4.79 Å². The molecule has 0 aliphatic carbocycles. The van der Waals surface area contributed by atoms with Crippen molar-refractivity contribution in [3.8, 4) is 5.75 Å². The highest BCUT2D eigenvalue weighted by molar-refractivity contribution is 7.99. The van der Waals surface area contributed by atoms with E-state index in [1.54, 1.807) is 18.9 Å². The lowest BCUT2D eigenvalue weighted by Crippen LogP contribution is -2.50. The Morgan fingerprint density at radius 1 is 0.778 bits per heavy atom. The second kappa shape index (κ2) is 14.2. The van der Waals surface area contributed by atoms with E-state index in [4.69, 9.17) is 14.2 Å². The molecule has 7 heteroatoms. The number of thioether (sulfide) groups is 1. The van der Waals surface area contributed by atoms with E-state index in [0.717, 1.165) is 22.4 Å². The summed E-state index contributed by atoms with van der Waals surface area (Å²) in [6.45, 7) is 4.30. The van der Waals surface area contributed by atoms with Crippen molar-refractivity contribution >= 4 is 23.8 Å². The fraction of sp³-hybridized carbons (Fsp3) is 0.310. The third-order valence-electron chi connectivity index (χ3n) is 5.55. The van der Waals surface area contributed by atoms with Crippen LogP contribution in [0.25, 0.3) is 0 Å². The molecule has 36 heavy (non-hydrogen) atoms. The quantitative estimate of drug-likeness (QED) is 0.304. The molecular formula is C29H33NO5S. The maximum atomic E-state index is 13.2. The predicted molar refractivity (Wildman–Crippen MR) is 143 cm³/mol. The summed E-state index contributed by atoms with van der Waals surface area (Å²) in [6.07, 6.45) is -0.656.